The van der Waals surface area contributed by atoms with Crippen molar-refractivity contribution in [2.45, 2.75) is 13.0 Å². The van der Waals surface area contributed by atoms with E-state index in [2.05, 4.69) is 35.6 Å². The first kappa shape index (κ1) is 21.0. The van der Waals surface area contributed by atoms with Crippen molar-refractivity contribution < 1.29 is 4.79 Å². The number of fused-ring (bicyclic) bond motifs is 1. The highest BCUT2D eigenvalue weighted by atomic mass is 16.1. The number of nitrogens with zero attached hydrogens (tertiary/aromatic N) is 6. The number of nitrogen functional groups attached to an aromatic ring is 1. The van der Waals surface area contributed by atoms with Gasteiger partial charge in [-0.2, -0.15) is 4.98 Å². The quantitative estimate of drug-likeness (QED) is 0.344. The van der Waals surface area contributed by atoms with Gasteiger partial charge in [-0.25, -0.2) is 19.5 Å². The molecule has 0 aliphatic heterocycles. The highest BCUT2D eigenvalue weighted by Gasteiger charge is 2.13. The van der Waals surface area contributed by atoms with E-state index in [1.807, 2.05) is 66.7 Å². The van der Waals surface area contributed by atoms with Gasteiger partial charge in [-0.1, -0.05) is 30.3 Å². The van der Waals surface area contributed by atoms with Gasteiger partial charge in [-0.15, -0.1) is 0 Å². The van der Waals surface area contributed by atoms with Gasteiger partial charge in [0.05, 0.1) is 29.7 Å². The molecule has 10 nitrogen and oxygen atoms in total. The molecule has 0 unspecified atom stereocenters. The van der Waals surface area contributed by atoms with Crippen LogP contribution >= 0.6 is 0 Å². The van der Waals surface area contributed by atoms with Crippen LogP contribution in [0.5, 0.6) is 0 Å². The number of imidazole rings is 1. The van der Waals surface area contributed by atoms with Gasteiger partial charge >= 0.3 is 0 Å². The molecule has 5 aromatic rings. The SMILES string of the molecule is Nc1nc2ccccc2n1-c1ncnc(Nc2cccc(CC(=O)NCc3ccccn3)c2)n1. The monoisotopic (exact) mass is 451 g/mol. The van der Waals surface area contributed by atoms with E-state index in [-0.39, 0.29) is 18.3 Å². The zero-order valence-electron chi connectivity index (χ0n) is 18.1. The summed E-state index contributed by atoms with van der Waals surface area (Å²) in [6, 6.07) is 20.7. The molecule has 4 N–H and O–H groups in total. The average molecular weight is 451 g/mol. The molecule has 0 aliphatic carbocycles. The van der Waals surface area contributed by atoms with Gasteiger partial charge in [0.25, 0.3) is 0 Å². The average Bonchev–Trinajstić information content (AvgIpc) is 3.19. The molecule has 2 aromatic carbocycles. The summed E-state index contributed by atoms with van der Waals surface area (Å²) in [5.74, 6) is 0.900. The first-order valence-corrected chi connectivity index (χ1v) is 10.6. The van der Waals surface area contributed by atoms with Crippen LogP contribution in [0.3, 0.4) is 0 Å². The number of aromatic nitrogens is 6. The van der Waals surface area contributed by atoms with Gasteiger partial charge in [-0.05, 0) is 42.0 Å². The molecule has 34 heavy (non-hydrogen) atoms. The van der Waals surface area contributed by atoms with E-state index in [1.54, 1.807) is 10.8 Å². The molecule has 0 fully saturated rings. The molecule has 10 heteroatoms. The number of hydrogen-bond acceptors (Lipinski definition) is 8. The van der Waals surface area contributed by atoms with Crippen molar-refractivity contribution in [1.82, 2.24) is 34.8 Å². The summed E-state index contributed by atoms with van der Waals surface area (Å²) in [5.41, 5.74) is 10.1. The molecular weight excluding hydrogens is 430 g/mol. The number of anilines is 3. The molecule has 1 amide bonds. The van der Waals surface area contributed by atoms with Crippen LogP contribution in [-0.4, -0.2) is 35.4 Å². The van der Waals surface area contributed by atoms with Crippen LogP contribution in [0.25, 0.3) is 17.0 Å². The number of benzene rings is 2. The summed E-state index contributed by atoms with van der Waals surface area (Å²) in [6.07, 6.45) is 3.35. The largest absolute Gasteiger partial charge is 0.369 e. The predicted molar refractivity (Wildman–Crippen MR) is 128 cm³/mol. The van der Waals surface area contributed by atoms with Crippen molar-refractivity contribution in [2.24, 2.45) is 0 Å². The Bertz CT molecular complexity index is 1450. The lowest BCUT2D eigenvalue weighted by Gasteiger charge is -2.09. The van der Waals surface area contributed by atoms with Crippen molar-refractivity contribution in [3.63, 3.8) is 0 Å². The third-order valence-electron chi connectivity index (χ3n) is 5.09. The summed E-state index contributed by atoms with van der Waals surface area (Å²) in [7, 11) is 0. The van der Waals surface area contributed by atoms with Gasteiger partial charge in [0, 0.05) is 11.9 Å². The maximum absolute atomic E-state index is 12.4. The molecule has 0 atom stereocenters. The highest BCUT2D eigenvalue weighted by Crippen LogP contribution is 2.21. The van der Waals surface area contributed by atoms with E-state index >= 15 is 0 Å². The molecule has 0 spiro atoms. The molecular formula is C24H21N9O. The van der Waals surface area contributed by atoms with Crippen LogP contribution < -0.4 is 16.4 Å². The van der Waals surface area contributed by atoms with E-state index in [0.717, 1.165) is 28.0 Å². The smallest absolute Gasteiger partial charge is 0.241 e. The Labute approximate surface area is 194 Å². The normalized spacial score (nSPS) is 10.8. The van der Waals surface area contributed by atoms with Gasteiger partial charge in [0.1, 0.15) is 6.33 Å². The van der Waals surface area contributed by atoms with Crippen molar-refractivity contribution in [2.75, 3.05) is 11.1 Å². The topological polar surface area (TPSA) is 137 Å². The van der Waals surface area contributed by atoms with Crippen LogP contribution in [0.15, 0.2) is 79.3 Å². The Morgan fingerprint density at radius 2 is 1.82 bits per heavy atom. The second kappa shape index (κ2) is 9.33. The molecule has 0 aliphatic rings. The highest BCUT2D eigenvalue weighted by molar-refractivity contribution is 5.80. The van der Waals surface area contributed by atoms with E-state index in [0.29, 0.717) is 18.4 Å². The number of rotatable bonds is 7. The lowest BCUT2D eigenvalue weighted by Crippen LogP contribution is -2.24. The number of carbonyl (C=O) groups excluding carboxylic acids is 1. The van der Waals surface area contributed by atoms with Crippen LogP contribution in [-0.2, 0) is 17.8 Å². The van der Waals surface area contributed by atoms with Crippen LogP contribution in [0, 0.1) is 0 Å². The minimum absolute atomic E-state index is 0.0901. The number of pyridine rings is 1. The molecule has 0 saturated carbocycles. The minimum Gasteiger partial charge on any atom is -0.369 e. The second-order valence-electron chi connectivity index (χ2n) is 7.50. The molecule has 168 valence electrons. The number of nitrogens with two attached hydrogens (primary N) is 1. The van der Waals surface area contributed by atoms with E-state index in [1.165, 1.54) is 6.33 Å². The summed E-state index contributed by atoms with van der Waals surface area (Å²) >= 11 is 0. The van der Waals surface area contributed by atoms with Gasteiger partial charge in [-0.3, -0.25) is 9.78 Å². The maximum Gasteiger partial charge on any atom is 0.241 e. The zero-order chi connectivity index (χ0) is 23.3. The number of para-hydroxylation sites is 2. The van der Waals surface area contributed by atoms with Crippen LogP contribution in [0.2, 0.25) is 0 Å². The summed E-state index contributed by atoms with van der Waals surface area (Å²) in [5, 5.41) is 6.05. The molecule has 0 radical (unpaired) electrons. The Hall–Kier alpha value is -4.86. The van der Waals surface area contributed by atoms with E-state index in [4.69, 9.17) is 5.73 Å². The lowest BCUT2D eigenvalue weighted by molar-refractivity contribution is -0.120. The molecule has 5 rings (SSSR count). The second-order valence-corrected chi connectivity index (χ2v) is 7.50. The fourth-order valence-electron chi connectivity index (χ4n) is 3.54. The Balaban J connectivity index is 1.29. The Morgan fingerprint density at radius 1 is 0.941 bits per heavy atom. The molecule has 0 bridgehead atoms. The number of hydrogen-bond donors (Lipinski definition) is 3. The van der Waals surface area contributed by atoms with Gasteiger partial charge in [0.2, 0.25) is 23.8 Å². The van der Waals surface area contributed by atoms with E-state index in [9.17, 15) is 4.79 Å². The fourth-order valence-corrected chi connectivity index (χ4v) is 3.54. The summed E-state index contributed by atoms with van der Waals surface area (Å²) in [4.78, 5) is 33.9. The van der Waals surface area contributed by atoms with Crippen LogP contribution in [0.4, 0.5) is 17.6 Å². The number of nitrogens with one attached hydrogen (secondary N) is 2. The van der Waals surface area contributed by atoms with Crippen molar-refractivity contribution >= 4 is 34.5 Å². The lowest BCUT2D eigenvalue weighted by atomic mass is 10.1. The number of carbonyl (C=O) groups is 1. The third kappa shape index (κ3) is 4.65. The van der Waals surface area contributed by atoms with E-state index < -0.39 is 0 Å². The third-order valence-corrected chi connectivity index (χ3v) is 5.09. The van der Waals surface area contributed by atoms with Crippen molar-refractivity contribution in [3.05, 3.63) is 90.5 Å². The van der Waals surface area contributed by atoms with Crippen molar-refractivity contribution in [3.8, 4) is 5.95 Å². The summed E-state index contributed by atoms with van der Waals surface area (Å²) < 4.78 is 1.67. The summed E-state index contributed by atoms with van der Waals surface area (Å²) in [6.45, 7) is 0.386. The fraction of sp³-hybridized carbons (Fsp3) is 0.0833. The molecule has 3 aromatic heterocycles. The number of amides is 1. The van der Waals surface area contributed by atoms with Crippen LogP contribution in [0.1, 0.15) is 11.3 Å². The first-order chi connectivity index (χ1) is 16.7. The minimum atomic E-state index is -0.0901. The van der Waals surface area contributed by atoms with Gasteiger partial charge in [0.15, 0.2) is 0 Å². The first-order valence-electron chi connectivity index (χ1n) is 10.6. The van der Waals surface area contributed by atoms with Crippen molar-refractivity contribution in [1.29, 1.82) is 0 Å². The maximum atomic E-state index is 12.4. The predicted octanol–water partition coefficient (Wildman–Crippen LogP) is 2.79. The standard InChI is InChI=1S/C24H21N9O/c25-22-31-19-9-1-2-10-20(19)33(22)24-29-15-28-23(32-24)30-17-8-5-6-16(12-17)13-21(34)27-14-18-7-3-4-11-26-18/h1-12,15H,13-14H2,(H2,25,31)(H,27,34)(H,28,29,30,32). The molecule has 3 heterocycles. The molecule has 0 saturated heterocycles. The van der Waals surface area contributed by atoms with Gasteiger partial charge < -0.3 is 16.4 Å². The Kier molecular flexibility index (Phi) is 5.76. The Morgan fingerprint density at radius 3 is 2.71 bits per heavy atom. The zero-order valence-corrected chi connectivity index (χ0v) is 18.1.